The van der Waals surface area contributed by atoms with E-state index < -0.39 is 23.5 Å². The second-order valence-electron chi connectivity index (χ2n) is 11.0. The van der Waals surface area contributed by atoms with Crippen molar-refractivity contribution >= 4 is 5.52 Å². The topological polar surface area (TPSA) is 89.8 Å². The molecule has 0 aliphatic carbocycles. The fourth-order valence-corrected chi connectivity index (χ4v) is 5.77. The first-order valence-corrected chi connectivity index (χ1v) is 13.4. The van der Waals surface area contributed by atoms with E-state index in [1.807, 2.05) is 28.6 Å². The van der Waals surface area contributed by atoms with E-state index in [1.165, 1.54) is 17.0 Å². The predicted molar refractivity (Wildman–Crippen MR) is 140 cm³/mol. The fraction of sp³-hybridized carbons (Fsp3) is 0.464. The van der Waals surface area contributed by atoms with Crippen LogP contribution in [0.3, 0.4) is 0 Å². The van der Waals surface area contributed by atoms with E-state index in [1.54, 1.807) is 18.5 Å². The van der Waals surface area contributed by atoms with Gasteiger partial charge in [-0.25, -0.2) is 4.79 Å². The molecule has 2 fully saturated rings. The maximum absolute atomic E-state index is 14.2. The molecule has 1 aromatic carbocycles. The van der Waals surface area contributed by atoms with Gasteiger partial charge >= 0.3 is 11.9 Å². The summed E-state index contributed by atoms with van der Waals surface area (Å²) in [6.07, 6.45) is 1.97. The average Bonchev–Trinajstić information content (AvgIpc) is 3.38. The minimum atomic E-state index is -4.64. The lowest BCUT2D eigenvalue weighted by Crippen LogP contribution is -2.49. The Kier molecular flexibility index (Phi) is 6.79. The molecule has 6 rings (SSSR count). The molecule has 0 saturated carbocycles. The number of fused-ring (bicyclic) bond motifs is 1. The highest BCUT2D eigenvalue weighted by Crippen LogP contribution is 2.37. The zero-order valence-corrected chi connectivity index (χ0v) is 22.1. The molecule has 40 heavy (non-hydrogen) atoms. The molecule has 0 unspecified atom stereocenters. The Labute approximate surface area is 228 Å². The van der Waals surface area contributed by atoms with Gasteiger partial charge in [0.25, 0.3) is 0 Å². The Morgan fingerprint density at radius 1 is 1.15 bits per heavy atom. The molecular formula is C28H31F3N6O3. The summed E-state index contributed by atoms with van der Waals surface area (Å²) in [6, 6.07) is 8.45. The highest BCUT2D eigenvalue weighted by molar-refractivity contribution is 5.58. The van der Waals surface area contributed by atoms with Gasteiger partial charge < -0.3 is 14.4 Å². The van der Waals surface area contributed by atoms with E-state index in [9.17, 15) is 23.1 Å². The van der Waals surface area contributed by atoms with Crippen LogP contribution < -0.4 is 5.69 Å². The average molecular weight is 557 g/mol. The maximum atomic E-state index is 14.2. The van der Waals surface area contributed by atoms with Crippen LogP contribution in [0.4, 0.5) is 13.2 Å². The number of pyridine rings is 1. The highest BCUT2D eigenvalue weighted by Gasteiger charge is 2.42. The Bertz CT molecular complexity index is 1590. The number of likely N-dealkylation sites (tertiary alicyclic amines) is 1. The van der Waals surface area contributed by atoms with Crippen LogP contribution in [0.1, 0.15) is 41.8 Å². The number of aromatic nitrogens is 5. The van der Waals surface area contributed by atoms with Crippen molar-refractivity contribution in [1.82, 2.24) is 28.6 Å². The fourth-order valence-electron chi connectivity index (χ4n) is 5.77. The molecule has 12 heteroatoms. The van der Waals surface area contributed by atoms with Crippen LogP contribution in [0.15, 0.2) is 53.8 Å². The molecule has 1 atom stereocenters. The number of benzene rings is 1. The smallest absolute Gasteiger partial charge is 0.393 e. The van der Waals surface area contributed by atoms with Gasteiger partial charge in [-0.15, -0.1) is 10.2 Å². The normalized spacial score (nSPS) is 20.0. The number of aliphatic hydroxyl groups is 1. The largest absolute Gasteiger partial charge is 0.418 e. The van der Waals surface area contributed by atoms with Crippen molar-refractivity contribution in [3.63, 3.8) is 0 Å². The summed E-state index contributed by atoms with van der Waals surface area (Å²) < 4.78 is 52.5. The molecular weight excluding hydrogens is 525 g/mol. The summed E-state index contributed by atoms with van der Waals surface area (Å²) in [5.74, 6) is 0.793. The molecule has 2 aliphatic rings. The molecule has 5 heterocycles. The Morgan fingerprint density at radius 2 is 1.98 bits per heavy atom. The van der Waals surface area contributed by atoms with E-state index in [0.29, 0.717) is 56.8 Å². The summed E-state index contributed by atoms with van der Waals surface area (Å²) in [5.41, 5.74) is -0.188. The van der Waals surface area contributed by atoms with Gasteiger partial charge in [0, 0.05) is 44.4 Å². The number of hydrogen-bond acceptors (Lipinski definition) is 6. The standard InChI is InChI=1S/C28H31F3N6O3/c1-34-18-32-33-25(34)12-27(16-40-17-27)20-4-2-5-21(11-20)36-15-24-23(28(29,30)31)10-19(14-37(24)26(36)39)13-35-8-3-6-22(38)7-9-35/h2,4-5,10-11,14-15,18,22,38H,3,6-9,12-13,16-17H2,1H3/t22-/m0/s1. The number of imidazole rings is 1. The number of nitrogens with zero attached hydrogens (tertiary/aromatic N) is 6. The molecule has 0 spiro atoms. The monoisotopic (exact) mass is 556 g/mol. The Morgan fingerprint density at radius 3 is 2.67 bits per heavy atom. The molecule has 212 valence electrons. The summed E-state index contributed by atoms with van der Waals surface area (Å²) in [7, 11) is 1.87. The number of hydrogen-bond donors (Lipinski definition) is 1. The van der Waals surface area contributed by atoms with Crippen LogP contribution in [0, 0.1) is 0 Å². The number of halogens is 3. The summed E-state index contributed by atoms with van der Waals surface area (Å²) in [4.78, 5) is 15.6. The van der Waals surface area contributed by atoms with E-state index in [2.05, 4.69) is 10.2 Å². The number of rotatable bonds is 6. The van der Waals surface area contributed by atoms with E-state index >= 15 is 0 Å². The van der Waals surface area contributed by atoms with Gasteiger partial charge in [-0.2, -0.15) is 13.2 Å². The van der Waals surface area contributed by atoms with Crippen LogP contribution in [0.2, 0.25) is 0 Å². The molecule has 2 aliphatic heterocycles. The lowest BCUT2D eigenvalue weighted by molar-refractivity contribution is -0.136. The number of aryl methyl sites for hydroxylation is 1. The minimum Gasteiger partial charge on any atom is -0.393 e. The van der Waals surface area contributed by atoms with Gasteiger partial charge in [0.2, 0.25) is 0 Å². The quantitative estimate of drug-likeness (QED) is 0.393. The lowest BCUT2D eigenvalue weighted by atomic mass is 9.75. The van der Waals surface area contributed by atoms with Crippen molar-refractivity contribution in [1.29, 1.82) is 0 Å². The summed E-state index contributed by atoms with van der Waals surface area (Å²) in [5, 5.41) is 18.1. The molecule has 0 amide bonds. The van der Waals surface area contributed by atoms with Crippen molar-refractivity contribution in [3.8, 4) is 5.69 Å². The third-order valence-corrected chi connectivity index (χ3v) is 8.12. The van der Waals surface area contributed by atoms with Crippen molar-refractivity contribution in [3.05, 3.63) is 82.1 Å². The van der Waals surface area contributed by atoms with Crippen LogP contribution in [-0.4, -0.2) is 66.1 Å². The minimum absolute atomic E-state index is 0.196. The highest BCUT2D eigenvalue weighted by atomic mass is 19.4. The molecule has 2 saturated heterocycles. The van der Waals surface area contributed by atoms with Crippen LogP contribution in [0.5, 0.6) is 0 Å². The van der Waals surface area contributed by atoms with Gasteiger partial charge in [-0.1, -0.05) is 12.1 Å². The van der Waals surface area contributed by atoms with Gasteiger partial charge in [0.1, 0.15) is 12.2 Å². The number of aliphatic hydroxyl groups excluding tert-OH is 1. The van der Waals surface area contributed by atoms with Gasteiger partial charge in [0.15, 0.2) is 0 Å². The van der Waals surface area contributed by atoms with Gasteiger partial charge in [0.05, 0.1) is 36.1 Å². The first-order valence-electron chi connectivity index (χ1n) is 13.4. The van der Waals surface area contributed by atoms with Crippen molar-refractivity contribution in [2.75, 3.05) is 26.3 Å². The molecule has 3 aromatic heterocycles. The molecule has 9 nitrogen and oxygen atoms in total. The third kappa shape index (κ3) is 4.95. The first kappa shape index (κ1) is 26.7. The molecule has 0 bridgehead atoms. The van der Waals surface area contributed by atoms with Crippen LogP contribution in [0.25, 0.3) is 11.2 Å². The summed E-state index contributed by atoms with van der Waals surface area (Å²) in [6.45, 7) is 2.46. The van der Waals surface area contributed by atoms with Crippen LogP contribution in [-0.2, 0) is 36.3 Å². The Hall–Kier alpha value is -3.48. The summed E-state index contributed by atoms with van der Waals surface area (Å²) >= 11 is 0. The predicted octanol–water partition coefficient (Wildman–Crippen LogP) is 3.10. The number of ether oxygens (including phenoxy) is 1. The molecule has 0 radical (unpaired) electrons. The van der Waals surface area contributed by atoms with Crippen molar-refractivity contribution in [2.45, 2.75) is 49.9 Å². The molecule has 1 N–H and O–H groups in total. The zero-order valence-electron chi connectivity index (χ0n) is 22.1. The van der Waals surface area contributed by atoms with Crippen LogP contribution >= 0.6 is 0 Å². The van der Waals surface area contributed by atoms with Crippen molar-refractivity contribution < 1.29 is 23.0 Å². The van der Waals surface area contributed by atoms with E-state index in [0.717, 1.165) is 28.3 Å². The SMILES string of the molecule is Cn1cnnc1CC1(c2cccc(-n3cc4c(C(F)(F)F)cc(CN5CCC[C@H](O)CC5)cn4c3=O)c2)COC1. The maximum Gasteiger partial charge on any atom is 0.418 e. The number of alkyl halides is 3. The molecule has 4 aromatic rings. The third-order valence-electron chi connectivity index (χ3n) is 8.12. The van der Waals surface area contributed by atoms with Gasteiger partial charge in [-0.05, 0) is 55.1 Å². The zero-order chi connectivity index (χ0) is 28.1. The van der Waals surface area contributed by atoms with E-state index in [-0.39, 0.29) is 17.5 Å². The second kappa shape index (κ2) is 10.2. The van der Waals surface area contributed by atoms with Gasteiger partial charge in [-0.3, -0.25) is 13.9 Å². The Balaban J connectivity index is 1.38. The lowest BCUT2D eigenvalue weighted by Gasteiger charge is -2.41. The van der Waals surface area contributed by atoms with E-state index in [4.69, 9.17) is 4.74 Å². The second-order valence-corrected chi connectivity index (χ2v) is 11.0. The van der Waals surface area contributed by atoms with Crippen molar-refractivity contribution in [2.24, 2.45) is 7.05 Å². The first-order chi connectivity index (χ1) is 19.1.